The Labute approximate surface area is 147 Å². The molecule has 0 fully saturated rings. The van der Waals surface area contributed by atoms with Crippen molar-refractivity contribution in [1.29, 1.82) is 0 Å². The predicted molar refractivity (Wildman–Crippen MR) is 85.6 cm³/mol. The second-order valence-corrected chi connectivity index (χ2v) is 7.73. The Morgan fingerprint density at radius 2 is 2.00 bits per heavy atom. The van der Waals surface area contributed by atoms with E-state index in [-0.39, 0.29) is 28.6 Å². The number of aromatic nitrogens is 1. The first-order valence-electron chi connectivity index (χ1n) is 7.50. The largest absolute Gasteiger partial charge is 0.573 e. The molecule has 0 aliphatic carbocycles. The van der Waals surface area contributed by atoms with Crippen molar-refractivity contribution in [2.24, 2.45) is 0 Å². The maximum atomic E-state index is 12.6. The number of ether oxygens (including phenoxy) is 1. The third-order valence-electron chi connectivity index (χ3n) is 3.84. The number of fused-ring (bicyclic) bond motifs is 1. The van der Waals surface area contributed by atoms with Gasteiger partial charge in [-0.25, -0.2) is 13.4 Å². The molecule has 2 aromatic rings. The number of benzene rings is 1. The van der Waals surface area contributed by atoms with Crippen molar-refractivity contribution in [3.8, 4) is 5.75 Å². The summed E-state index contributed by atoms with van der Waals surface area (Å²) in [5.41, 5.74) is 0.465. The van der Waals surface area contributed by atoms with Gasteiger partial charge in [0.1, 0.15) is 10.6 Å². The van der Waals surface area contributed by atoms with Crippen molar-refractivity contribution in [2.75, 3.05) is 10.7 Å². The minimum atomic E-state index is -4.88. The van der Waals surface area contributed by atoms with Crippen molar-refractivity contribution in [1.82, 2.24) is 4.98 Å². The molecule has 0 radical (unpaired) electrons. The van der Waals surface area contributed by atoms with Gasteiger partial charge in [0, 0.05) is 11.8 Å². The molecule has 10 heteroatoms. The summed E-state index contributed by atoms with van der Waals surface area (Å²) in [4.78, 5) is 17.7. The number of amides is 1. The molecule has 1 aromatic heterocycles. The third kappa shape index (κ3) is 3.36. The molecule has 0 unspecified atom stereocenters. The SMILES string of the molecule is CCS(=O)(=O)c1cccnc1N1Cc2ccc(OC(F)(F)F)cc2C1=O. The summed E-state index contributed by atoms with van der Waals surface area (Å²) >= 11 is 0. The first kappa shape index (κ1) is 18.2. The second-order valence-electron chi connectivity index (χ2n) is 5.49. The highest BCUT2D eigenvalue weighted by molar-refractivity contribution is 7.91. The molecule has 0 saturated heterocycles. The lowest BCUT2D eigenvalue weighted by molar-refractivity contribution is -0.274. The van der Waals surface area contributed by atoms with Crippen LogP contribution in [-0.2, 0) is 16.4 Å². The highest BCUT2D eigenvalue weighted by Crippen LogP contribution is 2.34. The van der Waals surface area contributed by atoms with Gasteiger partial charge < -0.3 is 4.74 Å². The summed E-state index contributed by atoms with van der Waals surface area (Å²) in [6.07, 6.45) is -3.53. The van der Waals surface area contributed by atoms with Crippen molar-refractivity contribution in [3.63, 3.8) is 0 Å². The Hall–Kier alpha value is -2.62. The fourth-order valence-electron chi connectivity index (χ4n) is 2.63. The van der Waals surface area contributed by atoms with Gasteiger partial charge in [0.25, 0.3) is 5.91 Å². The van der Waals surface area contributed by atoms with Gasteiger partial charge in [-0.3, -0.25) is 9.69 Å². The Bertz CT molecular complexity index is 974. The van der Waals surface area contributed by atoms with Crippen LogP contribution in [0.4, 0.5) is 19.0 Å². The average Bonchev–Trinajstić information content (AvgIpc) is 2.90. The molecule has 0 spiro atoms. The summed E-state index contributed by atoms with van der Waals surface area (Å²) < 4.78 is 65.4. The van der Waals surface area contributed by atoms with Gasteiger partial charge in [-0.05, 0) is 29.8 Å². The van der Waals surface area contributed by atoms with Gasteiger partial charge in [0.05, 0.1) is 12.3 Å². The molecule has 6 nitrogen and oxygen atoms in total. The number of alkyl halides is 3. The van der Waals surface area contributed by atoms with E-state index < -0.39 is 27.9 Å². The average molecular weight is 386 g/mol. The quantitative estimate of drug-likeness (QED) is 0.808. The van der Waals surface area contributed by atoms with Gasteiger partial charge in [-0.2, -0.15) is 0 Å². The highest BCUT2D eigenvalue weighted by Gasteiger charge is 2.35. The van der Waals surface area contributed by atoms with E-state index in [4.69, 9.17) is 0 Å². The van der Waals surface area contributed by atoms with E-state index in [1.807, 2.05) is 0 Å². The molecule has 3 rings (SSSR count). The lowest BCUT2D eigenvalue weighted by Crippen LogP contribution is -2.26. The standard InChI is InChI=1S/C16H13F3N2O4S/c1-2-26(23,24)13-4-3-7-20-14(13)21-9-10-5-6-11(25-16(17,18)19)8-12(10)15(21)22/h3-8H,2,9H2,1H3. The summed E-state index contributed by atoms with van der Waals surface area (Å²) in [7, 11) is -3.64. The van der Waals surface area contributed by atoms with Gasteiger partial charge in [0.2, 0.25) is 0 Å². The number of carbonyl (C=O) groups is 1. The van der Waals surface area contributed by atoms with Crippen LogP contribution in [0.15, 0.2) is 41.4 Å². The Morgan fingerprint density at radius 1 is 1.27 bits per heavy atom. The minimum absolute atomic E-state index is 0.00368. The molecular formula is C16H13F3N2O4S. The zero-order valence-corrected chi connectivity index (χ0v) is 14.3. The molecule has 0 atom stereocenters. The van der Waals surface area contributed by atoms with Crippen LogP contribution in [0.25, 0.3) is 0 Å². The lowest BCUT2D eigenvalue weighted by atomic mass is 10.1. The van der Waals surface area contributed by atoms with Crippen LogP contribution >= 0.6 is 0 Å². The third-order valence-corrected chi connectivity index (χ3v) is 5.59. The van der Waals surface area contributed by atoms with E-state index in [1.54, 1.807) is 0 Å². The second kappa shape index (κ2) is 6.27. The fraction of sp³-hybridized carbons (Fsp3) is 0.250. The molecule has 0 saturated carbocycles. The van der Waals surface area contributed by atoms with Crippen molar-refractivity contribution in [2.45, 2.75) is 24.7 Å². The summed E-state index contributed by atoms with van der Waals surface area (Å²) in [6.45, 7) is 1.47. The van der Waals surface area contributed by atoms with Crippen LogP contribution in [0, 0.1) is 0 Å². The summed E-state index contributed by atoms with van der Waals surface area (Å²) in [5, 5.41) is 0. The smallest absolute Gasteiger partial charge is 0.406 e. The lowest BCUT2D eigenvalue weighted by Gasteiger charge is -2.17. The molecule has 1 aliphatic rings. The number of nitrogens with zero attached hydrogens (tertiary/aromatic N) is 2. The van der Waals surface area contributed by atoms with Crippen LogP contribution in [0.5, 0.6) is 5.75 Å². The number of anilines is 1. The van der Waals surface area contributed by atoms with Gasteiger partial charge in [-0.15, -0.1) is 13.2 Å². The first-order valence-corrected chi connectivity index (χ1v) is 9.16. The van der Waals surface area contributed by atoms with Crippen molar-refractivity contribution < 1.29 is 31.1 Å². The zero-order valence-electron chi connectivity index (χ0n) is 13.4. The summed E-state index contributed by atoms with van der Waals surface area (Å²) in [5.74, 6) is -1.38. The van der Waals surface area contributed by atoms with E-state index in [9.17, 15) is 26.4 Å². The van der Waals surface area contributed by atoms with E-state index in [0.29, 0.717) is 5.56 Å². The minimum Gasteiger partial charge on any atom is -0.406 e. The molecule has 26 heavy (non-hydrogen) atoms. The van der Waals surface area contributed by atoms with Crippen LogP contribution in [0.2, 0.25) is 0 Å². The number of rotatable bonds is 4. The molecular weight excluding hydrogens is 373 g/mol. The molecule has 1 aromatic carbocycles. The van der Waals surface area contributed by atoms with E-state index in [2.05, 4.69) is 9.72 Å². The topological polar surface area (TPSA) is 76.6 Å². The fourth-order valence-corrected chi connectivity index (χ4v) is 3.67. The highest BCUT2D eigenvalue weighted by atomic mass is 32.2. The number of carbonyl (C=O) groups excluding carboxylic acids is 1. The number of sulfone groups is 1. The predicted octanol–water partition coefficient (Wildman–Crippen LogP) is 2.93. The molecule has 2 heterocycles. The Balaban J connectivity index is 2.00. The maximum absolute atomic E-state index is 12.6. The summed E-state index contributed by atoms with van der Waals surface area (Å²) in [6, 6.07) is 6.21. The van der Waals surface area contributed by atoms with Crippen LogP contribution in [0.1, 0.15) is 22.8 Å². The Kier molecular flexibility index (Phi) is 4.39. The number of hydrogen-bond donors (Lipinski definition) is 0. The zero-order chi connectivity index (χ0) is 19.1. The Morgan fingerprint density at radius 3 is 2.65 bits per heavy atom. The van der Waals surface area contributed by atoms with E-state index in [0.717, 1.165) is 17.0 Å². The van der Waals surface area contributed by atoms with Crippen molar-refractivity contribution >= 4 is 21.6 Å². The normalized spacial score (nSPS) is 14.5. The van der Waals surface area contributed by atoms with Gasteiger partial charge >= 0.3 is 6.36 Å². The molecule has 1 aliphatic heterocycles. The van der Waals surface area contributed by atoms with Crippen LogP contribution in [0.3, 0.4) is 0 Å². The number of halogens is 3. The maximum Gasteiger partial charge on any atom is 0.573 e. The number of pyridine rings is 1. The molecule has 0 N–H and O–H groups in total. The monoisotopic (exact) mass is 386 g/mol. The van der Waals surface area contributed by atoms with Gasteiger partial charge in [0.15, 0.2) is 15.7 Å². The first-order chi connectivity index (χ1) is 12.1. The van der Waals surface area contributed by atoms with Crippen LogP contribution in [-0.4, -0.2) is 31.4 Å². The van der Waals surface area contributed by atoms with Crippen LogP contribution < -0.4 is 9.64 Å². The molecule has 138 valence electrons. The number of hydrogen-bond acceptors (Lipinski definition) is 5. The van der Waals surface area contributed by atoms with E-state index in [1.165, 1.54) is 31.3 Å². The molecule has 1 amide bonds. The van der Waals surface area contributed by atoms with Gasteiger partial charge in [-0.1, -0.05) is 13.0 Å². The van der Waals surface area contributed by atoms with Crippen molar-refractivity contribution in [3.05, 3.63) is 47.7 Å². The molecule has 0 bridgehead atoms. The van der Waals surface area contributed by atoms with E-state index >= 15 is 0 Å².